The van der Waals surface area contributed by atoms with Crippen molar-refractivity contribution in [2.45, 2.75) is 19.5 Å². The van der Waals surface area contributed by atoms with E-state index in [1.54, 1.807) is 28.8 Å². The molecular formula is C20H19BrN4O3S. The van der Waals surface area contributed by atoms with Crippen molar-refractivity contribution in [3.63, 3.8) is 0 Å². The van der Waals surface area contributed by atoms with Gasteiger partial charge in [0.05, 0.1) is 7.11 Å². The average Bonchev–Trinajstić information content (AvgIpc) is 3.07. The van der Waals surface area contributed by atoms with Gasteiger partial charge in [-0.15, -0.1) is 0 Å². The zero-order valence-electron chi connectivity index (χ0n) is 15.8. The van der Waals surface area contributed by atoms with Crippen LogP contribution in [0.3, 0.4) is 0 Å². The first kappa shape index (κ1) is 20.9. The molecule has 1 aromatic heterocycles. The highest BCUT2D eigenvalue weighted by molar-refractivity contribution is 9.10. The highest BCUT2D eigenvalue weighted by atomic mass is 79.9. The molecule has 1 heterocycles. The molecule has 0 radical (unpaired) electrons. The molecule has 7 nitrogen and oxygen atoms in total. The van der Waals surface area contributed by atoms with E-state index in [9.17, 15) is 9.59 Å². The number of aromatic nitrogens is 3. The SMILES string of the molecule is COC(=O)C(NC(=O)Cn1c(-c2ccc(C)cc2)n[nH]c1=S)c1ccc(Br)cc1. The zero-order valence-corrected chi connectivity index (χ0v) is 18.2. The van der Waals surface area contributed by atoms with Crippen LogP contribution in [-0.2, 0) is 20.9 Å². The Morgan fingerprint density at radius 2 is 1.86 bits per heavy atom. The van der Waals surface area contributed by atoms with E-state index < -0.39 is 17.9 Å². The van der Waals surface area contributed by atoms with Gasteiger partial charge < -0.3 is 10.1 Å². The second-order valence-electron chi connectivity index (χ2n) is 6.38. The number of H-pyrrole nitrogens is 1. The Labute approximate surface area is 181 Å². The van der Waals surface area contributed by atoms with Crippen LogP contribution >= 0.6 is 28.1 Å². The van der Waals surface area contributed by atoms with E-state index in [4.69, 9.17) is 17.0 Å². The van der Waals surface area contributed by atoms with Gasteiger partial charge in [-0.05, 0) is 36.8 Å². The maximum absolute atomic E-state index is 12.7. The number of ether oxygens (including phenoxy) is 1. The number of hydrogen-bond acceptors (Lipinski definition) is 5. The van der Waals surface area contributed by atoms with Gasteiger partial charge in [0.15, 0.2) is 16.6 Å². The Morgan fingerprint density at radius 3 is 2.48 bits per heavy atom. The molecule has 29 heavy (non-hydrogen) atoms. The third kappa shape index (κ3) is 4.99. The lowest BCUT2D eigenvalue weighted by Gasteiger charge is -2.17. The molecule has 0 fully saturated rings. The van der Waals surface area contributed by atoms with Crippen molar-refractivity contribution < 1.29 is 14.3 Å². The summed E-state index contributed by atoms with van der Waals surface area (Å²) in [7, 11) is 1.28. The lowest BCUT2D eigenvalue weighted by molar-refractivity contribution is -0.145. The maximum Gasteiger partial charge on any atom is 0.333 e. The first-order chi connectivity index (χ1) is 13.9. The van der Waals surface area contributed by atoms with Crippen LogP contribution in [0.15, 0.2) is 53.0 Å². The molecule has 3 aromatic rings. The zero-order chi connectivity index (χ0) is 21.0. The third-order valence-corrected chi connectivity index (χ3v) is 5.16. The van der Waals surface area contributed by atoms with E-state index in [2.05, 4.69) is 31.4 Å². The molecule has 1 amide bonds. The summed E-state index contributed by atoms with van der Waals surface area (Å²) in [5.74, 6) is -0.409. The molecule has 0 aliphatic heterocycles. The second-order valence-corrected chi connectivity index (χ2v) is 7.68. The maximum atomic E-state index is 12.7. The van der Waals surface area contributed by atoms with Crippen molar-refractivity contribution >= 4 is 40.0 Å². The van der Waals surface area contributed by atoms with Gasteiger partial charge in [-0.1, -0.05) is 57.9 Å². The van der Waals surface area contributed by atoms with E-state index in [-0.39, 0.29) is 6.54 Å². The van der Waals surface area contributed by atoms with E-state index in [1.165, 1.54) is 7.11 Å². The Kier molecular flexibility index (Phi) is 6.60. The Morgan fingerprint density at radius 1 is 1.21 bits per heavy atom. The van der Waals surface area contributed by atoms with Gasteiger partial charge in [-0.25, -0.2) is 4.79 Å². The summed E-state index contributed by atoms with van der Waals surface area (Å²) in [6.07, 6.45) is 0. The van der Waals surface area contributed by atoms with Gasteiger partial charge in [-0.2, -0.15) is 5.10 Å². The Hall–Kier alpha value is -2.78. The van der Waals surface area contributed by atoms with Crippen LogP contribution in [0, 0.1) is 11.7 Å². The van der Waals surface area contributed by atoms with E-state index in [0.717, 1.165) is 15.6 Å². The normalized spacial score (nSPS) is 11.7. The van der Waals surface area contributed by atoms with E-state index in [0.29, 0.717) is 16.2 Å². The number of rotatable bonds is 6. The highest BCUT2D eigenvalue weighted by Crippen LogP contribution is 2.20. The van der Waals surface area contributed by atoms with Crippen molar-refractivity contribution in [2.75, 3.05) is 7.11 Å². The van der Waals surface area contributed by atoms with E-state index in [1.807, 2.05) is 31.2 Å². The summed E-state index contributed by atoms with van der Waals surface area (Å²) in [6.45, 7) is 1.89. The first-order valence-electron chi connectivity index (χ1n) is 8.74. The molecule has 0 saturated heterocycles. The minimum atomic E-state index is -0.926. The first-order valence-corrected chi connectivity index (χ1v) is 9.94. The molecule has 0 saturated carbocycles. The highest BCUT2D eigenvalue weighted by Gasteiger charge is 2.24. The van der Waals surface area contributed by atoms with Crippen molar-refractivity contribution in [2.24, 2.45) is 0 Å². The molecule has 9 heteroatoms. The number of carbonyl (C=O) groups excluding carboxylic acids is 2. The average molecular weight is 475 g/mol. The predicted octanol–water partition coefficient (Wildman–Crippen LogP) is 3.71. The van der Waals surface area contributed by atoms with Crippen molar-refractivity contribution in [1.82, 2.24) is 20.1 Å². The molecule has 0 bridgehead atoms. The number of amides is 1. The minimum absolute atomic E-state index is 0.0947. The summed E-state index contributed by atoms with van der Waals surface area (Å²) >= 11 is 8.63. The number of hydrogen-bond donors (Lipinski definition) is 2. The molecule has 3 rings (SSSR count). The molecule has 1 atom stereocenters. The summed E-state index contributed by atoms with van der Waals surface area (Å²) in [5.41, 5.74) is 2.55. The Bertz CT molecular complexity index is 1070. The second kappa shape index (κ2) is 9.15. The fourth-order valence-corrected chi connectivity index (χ4v) is 3.25. The van der Waals surface area contributed by atoms with Gasteiger partial charge >= 0.3 is 5.97 Å². The summed E-state index contributed by atoms with van der Waals surface area (Å²) < 4.78 is 7.62. The summed E-state index contributed by atoms with van der Waals surface area (Å²) in [4.78, 5) is 25.0. The fourth-order valence-electron chi connectivity index (χ4n) is 2.79. The van der Waals surface area contributed by atoms with Crippen LogP contribution in [0.1, 0.15) is 17.2 Å². The molecular weight excluding hydrogens is 456 g/mol. The minimum Gasteiger partial charge on any atom is -0.467 e. The smallest absolute Gasteiger partial charge is 0.333 e. The molecule has 0 aliphatic rings. The summed E-state index contributed by atoms with van der Waals surface area (Å²) in [5, 5.41) is 9.67. The summed E-state index contributed by atoms with van der Waals surface area (Å²) in [6, 6.07) is 13.9. The van der Waals surface area contributed by atoms with Crippen LogP contribution in [0.5, 0.6) is 0 Å². The molecule has 150 valence electrons. The van der Waals surface area contributed by atoms with Crippen molar-refractivity contribution in [3.8, 4) is 11.4 Å². The number of nitrogens with zero attached hydrogens (tertiary/aromatic N) is 2. The predicted molar refractivity (Wildman–Crippen MR) is 115 cm³/mol. The number of carbonyl (C=O) groups is 2. The number of benzene rings is 2. The quantitative estimate of drug-likeness (QED) is 0.419. The number of methoxy groups -OCH3 is 1. The van der Waals surface area contributed by atoms with Crippen LogP contribution in [0.25, 0.3) is 11.4 Å². The number of aryl methyl sites for hydroxylation is 1. The number of esters is 1. The van der Waals surface area contributed by atoms with Gasteiger partial charge in [0, 0.05) is 10.0 Å². The largest absolute Gasteiger partial charge is 0.467 e. The molecule has 0 aliphatic carbocycles. The Balaban J connectivity index is 1.83. The van der Waals surface area contributed by atoms with Crippen LogP contribution < -0.4 is 5.32 Å². The van der Waals surface area contributed by atoms with Gasteiger partial charge in [-0.3, -0.25) is 14.5 Å². The standard InChI is InChI=1S/C20H19BrN4O3S/c1-12-3-5-14(6-4-12)18-23-24-20(29)25(18)11-16(26)22-17(19(27)28-2)13-7-9-15(21)10-8-13/h3-10,17H,11H2,1-2H3,(H,22,26)(H,24,29). The number of nitrogens with one attached hydrogen (secondary N) is 2. The topological polar surface area (TPSA) is 89.0 Å². The lowest BCUT2D eigenvalue weighted by atomic mass is 10.1. The van der Waals surface area contributed by atoms with Crippen LogP contribution in [-0.4, -0.2) is 33.8 Å². The molecule has 2 aromatic carbocycles. The molecule has 2 N–H and O–H groups in total. The number of halogens is 1. The van der Waals surface area contributed by atoms with Gasteiger partial charge in [0.2, 0.25) is 5.91 Å². The fraction of sp³-hybridized carbons (Fsp3) is 0.200. The van der Waals surface area contributed by atoms with E-state index >= 15 is 0 Å². The number of aromatic amines is 1. The van der Waals surface area contributed by atoms with Crippen LogP contribution in [0.2, 0.25) is 0 Å². The lowest BCUT2D eigenvalue weighted by Crippen LogP contribution is -2.36. The van der Waals surface area contributed by atoms with Crippen molar-refractivity contribution in [1.29, 1.82) is 0 Å². The third-order valence-electron chi connectivity index (χ3n) is 4.32. The molecule has 0 spiro atoms. The monoisotopic (exact) mass is 474 g/mol. The van der Waals surface area contributed by atoms with Gasteiger partial charge in [0.25, 0.3) is 0 Å². The van der Waals surface area contributed by atoms with Crippen LogP contribution in [0.4, 0.5) is 0 Å². The molecule has 1 unspecified atom stereocenters. The van der Waals surface area contributed by atoms with Gasteiger partial charge in [0.1, 0.15) is 6.54 Å². The van der Waals surface area contributed by atoms with Crippen molar-refractivity contribution in [3.05, 3.63) is 68.9 Å².